The van der Waals surface area contributed by atoms with Gasteiger partial charge < -0.3 is 19.7 Å². The van der Waals surface area contributed by atoms with Crippen LogP contribution in [-0.4, -0.2) is 47.2 Å². The lowest BCUT2D eigenvalue weighted by molar-refractivity contribution is -0.447. The Morgan fingerprint density at radius 3 is 2.74 bits per heavy atom. The minimum atomic E-state index is -1.50. The molecule has 5 heteroatoms. The Bertz CT molecular complexity index is 756. The topological polar surface area (TPSA) is 76.0 Å². The van der Waals surface area contributed by atoms with E-state index in [1.54, 1.807) is 0 Å². The number of hydrogen-bond donors (Lipinski definition) is 2. The fourth-order valence-corrected chi connectivity index (χ4v) is 7.84. The second kappa shape index (κ2) is 5.12. The summed E-state index contributed by atoms with van der Waals surface area (Å²) in [4.78, 5) is 13.6. The first-order valence-corrected chi connectivity index (χ1v) is 10.3. The fourth-order valence-electron chi connectivity index (χ4n) is 7.84. The van der Waals surface area contributed by atoms with Crippen molar-refractivity contribution in [3.8, 4) is 0 Å². The molecule has 0 aromatic heterocycles. The summed E-state index contributed by atoms with van der Waals surface area (Å²) in [6.07, 6.45) is 4.87. The molecule has 0 unspecified atom stereocenters. The van der Waals surface area contributed by atoms with Gasteiger partial charge in [0.2, 0.25) is 5.79 Å². The van der Waals surface area contributed by atoms with Crippen LogP contribution in [0.5, 0.6) is 0 Å². The molecule has 0 aromatic carbocycles. The second-order valence-corrected chi connectivity index (χ2v) is 9.92. The van der Waals surface area contributed by atoms with E-state index in [1.807, 2.05) is 6.92 Å². The zero-order valence-corrected chi connectivity index (χ0v) is 16.4. The molecule has 0 aromatic rings. The van der Waals surface area contributed by atoms with Crippen LogP contribution in [0, 0.1) is 34.0 Å². The summed E-state index contributed by atoms with van der Waals surface area (Å²) in [5.41, 5.74) is -1.41. The summed E-state index contributed by atoms with van der Waals surface area (Å²) >= 11 is 0. The first-order valence-electron chi connectivity index (χ1n) is 10.3. The molecule has 4 bridgehead atoms. The molecule has 6 aliphatic rings. The average Bonchev–Trinajstić information content (AvgIpc) is 2.72. The normalized spacial score (nSPS) is 54.8. The van der Waals surface area contributed by atoms with Crippen molar-refractivity contribution in [2.24, 2.45) is 34.0 Å². The lowest BCUT2D eigenvalue weighted by Gasteiger charge is -2.73. The van der Waals surface area contributed by atoms with Crippen molar-refractivity contribution >= 4 is 5.78 Å². The minimum absolute atomic E-state index is 0.0867. The number of allylic oxidation sites excluding steroid dienone is 1. The number of carbonyl (C=O) groups excluding carboxylic acids is 1. The maximum Gasteiger partial charge on any atom is 0.210 e. The van der Waals surface area contributed by atoms with Crippen LogP contribution in [-0.2, 0) is 14.3 Å². The van der Waals surface area contributed by atoms with Gasteiger partial charge in [-0.25, -0.2) is 0 Å². The highest BCUT2D eigenvalue weighted by molar-refractivity contribution is 6.05. The van der Waals surface area contributed by atoms with Crippen LogP contribution in [0.25, 0.3) is 0 Å². The third-order valence-electron chi connectivity index (χ3n) is 8.60. The van der Waals surface area contributed by atoms with Gasteiger partial charge in [0.05, 0.1) is 12.7 Å². The van der Waals surface area contributed by atoms with Crippen LogP contribution in [0.2, 0.25) is 0 Å². The number of hydrogen-bond acceptors (Lipinski definition) is 5. The number of Topliss-reactive ketones (excluding diaryl/α,β-unsaturated/α-hetero) is 1. The molecule has 27 heavy (non-hydrogen) atoms. The molecule has 5 nitrogen and oxygen atoms in total. The van der Waals surface area contributed by atoms with E-state index in [1.165, 1.54) is 0 Å². The van der Waals surface area contributed by atoms with Crippen molar-refractivity contribution in [1.82, 2.24) is 0 Å². The number of aliphatic hydroxyl groups excluding tert-OH is 2. The second-order valence-electron chi connectivity index (χ2n) is 9.92. The standard InChI is InChI=1S/C22H30O5/c1-5-26-22-18(25)15-19(3,4)9-6-10-20(15,11-27-22)14-8-7-13-12(2)16(23)21(14,22)17(13)24/h6,10,13-15,17-18,24-25H,2,5,7-9,11H2,1,3-4H3/t13-,14-,15+,17+,18-,20+,21-,22+/m0/s1. The van der Waals surface area contributed by atoms with Crippen LogP contribution < -0.4 is 0 Å². The third-order valence-corrected chi connectivity index (χ3v) is 8.60. The summed E-state index contributed by atoms with van der Waals surface area (Å²) in [6.45, 7) is 10.9. The Morgan fingerprint density at radius 2 is 2.04 bits per heavy atom. The summed E-state index contributed by atoms with van der Waals surface area (Å²) < 4.78 is 12.5. The molecule has 148 valence electrons. The number of rotatable bonds is 2. The Labute approximate surface area is 160 Å². The highest BCUT2D eigenvalue weighted by Crippen LogP contribution is 2.76. The summed E-state index contributed by atoms with van der Waals surface area (Å²) in [5, 5.41) is 23.1. The summed E-state index contributed by atoms with van der Waals surface area (Å²) in [5.74, 6) is -2.14. The van der Waals surface area contributed by atoms with Gasteiger partial charge in [-0.3, -0.25) is 4.79 Å². The van der Waals surface area contributed by atoms with Crippen molar-refractivity contribution in [3.63, 3.8) is 0 Å². The Kier molecular flexibility index (Phi) is 3.42. The molecular weight excluding hydrogens is 344 g/mol. The van der Waals surface area contributed by atoms with Gasteiger partial charge in [-0.2, -0.15) is 0 Å². The van der Waals surface area contributed by atoms with Crippen molar-refractivity contribution < 1.29 is 24.5 Å². The van der Waals surface area contributed by atoms with Crippen molar-refractivity contribution in [1.29, 1.82) is 0 Å². The summed E-state index contributed by atoms with van der Waals surface area (Å²) in [6, 6.07) is 0. The van der Waals surface area contributed by atoms with E-state index in [0.29, 0.717) is 18.8 Å². The lowest BCUT2D eigenvalue weighted by Crippen LogP contribution is -2.83. The molecule has 0 radical (unpaired) electrons. The SMILES string of the molecule is C=C1C(=O)[C@]23[C@H](O)[C@H]1CC[C@H]2[C@]12C=CCC(C)(C)[C@H]1[C@H](O)[C@@]3(OCC)OC2. The molecule has 5 fully saturated rings. The van der Waals surface area contributed by atoms with E-state index < -0.39 is 28.8 Å². The predicted molar refractivity (Wildman–Crippen MR) is 98.6 cm³/mol. The van der Waals surface area contributed by atoms with Gasteiger partial charge in [0.15, 0.2) is 5.78 Å². The molecule has 3 saturated carbocycles. The Morgan fingerprint density at radius 1 is 1.30 bits per heavy atom. The van der Waals surface area contributed by atoms with E-state index in [2.05, 4.69) is 32.6 Å². The maximum absolute atomic E-state index is 13.6. The third kappa shape index (κ3) is 1.63. The van der Waals surface area contributed by atoms with E-state index >= 15 is 0 Å². The average molecular weight is 374 g/mol. The molecule has 2 aliphatic heterocycles. The number of ketones is 1. The highest BCUT2D eigenvalue weighted by Gasteiger charge is 2.86. The maximum atomic E-state index is 13.6. The fraction of sp³-hybridized carbons (Fsp3) is 0.773. The molecule has 2 N–H and O–H groups in total. The monoisotopic (exact) mass is 374 g/mol. The molecule has 2 heterocycles. The number of ether oxygens (including phenoxy) is 2. The Balaban J connectivity index is 1.83. The molecule has 0 amide bonds. The number of carbonyl (C=O) groups is 1. The van der Waals surface area contributed by atoms with E-state index in [9.17, 15) is 15.0 Å². The number of fused-ring (bicyclic) bond motifs is 2. The van der Waals surface area contributed by atoms with E-state index in [-0.39, 0.29) is 29.0 Å². The van der Waals surface area contributed by atoms with Crippen LogP contribution in [0.1, 0.15) is 40.0 Å². The molecule has 6 rings (SSSR count). The minimum Gasteiger partial charge on any atom is -0.391 e. The molecule has 2 saturated heterocycles. The predicted octanol–water partition coefficient (Wildman–Crippen LogP) is 2.22. The molecule has 8 atom stereocenters. The van der Waals surface area contributed by atoms with Crippen molar-refractivity contribution in [3.05, 3.63) is 24.3 Å². The first-order chi connectivity index (χ1) is 12.7. The molecular formula is C22H30O5. The summed E-state index contributed by atoms with van der Waals surface area (Å²) in [7, 11) is 0. The van der Waals surface area contributed by atoms with Gasteiger partial charge in [-0.05, 0) is 43.1 Å². The van der Waals surface area contributed by atoms with Crippen LogP contribution in [0.4, 0.5) is 0 Å². The quantitative estimate of drug-likeness (QED) is 0.573. The Hall–Kier alpha value is -1.01. The van der Waals surface area contributed by atoms with Gasteiger partial charge in [-0.15, -0.1) is 0 Å². The van der Waals surface area contributed by atoms with Crippen LogP contribution in [0.3, 0.4) is 0 Å². The molecule has 2 spiro atoms. The van der Waals surface area contributed by atoms with Gasteiger partial charge in [0.25, 0.3) is 0 Å². The highest BCUT2D eigenvalue weighted by atomic mass is 16.7. The van der Waals surface area contributed by atoms with Crippen LogP contribution in [0.15, 0.2) is 24.3 Å². The van der Waals surface area contributed by atoms with Gasteiger partial charge in [-0.1, -0.05) is 32.6 Å². The largest absolute Gasteiger partial charge is 0.391 e. The molecule has 4 aliphatic carbocycles. The van der Waals surface area contributed by atoms with Crippen LogP contribution >= 0.6 is 0 Å². The zero-order chi connectivity index (χ0) is 19.4. The zero-order valence-electron chi connectivity index (χ0n) is 16.4. The lowest BCUT2D eigenvalue weighted by atomic mass is 9.37. The first kappa shape index (κ1) is 18.0. The van der Waals surface area contributed by atoms with Gasteiger partial charge in [0.1, 0.15) is 11.5 Å². The van der Waals surface area contributed by atoms with E-state index in [4.69, 9.17) is 9.47 Å². The smallest absolute Gasteiger partial charge is 0.210 e. The van der Waals surface area contributed by atoms with Crippen molar-refractivity contribution in [2.45, 2.75) is 58.0 Å². The van der Waals surface area contributed by atoms with Gasteiger partial charge in [0, 0.05) is 23.9 Å². The number of aliphatic hydroxyl groups is 2. The van der Waals surface area contributed by atoms with E-state index in [0.717, 1.165) is 19.3 Å². The van der Waals surface area contributed by atoms with Gasteiger partial charge >= 0.3 is 0 Å². The van der Waals surface area contributed by atoms with Crippen molar-refractivity contribution in [2.75, 3.05) is 13.2 Å².